The zero-order chi connectivity index (χ0) is 22.9. The van der Waals surface area contributed by atoms with Crippen LogP contribution in [0, 0.1) is 0 Å². The van der Waals surface area contributed by atoms with Crippen LogP contribution in [-0.2, 0) is 9.53 Å². The lowest BCUT2D eigenvalue weighted by Crippen LogP contribution is -2.35. The van der Waals surface area contributed by atoms with Crippen molar-refractivity contribution in [3.8, 4) is 17.2 Å². The second-order valence-corrected chi connectivity index (χ2v) is 7.36. The Hall–Kier alpha value is -3.93. The summed E-state index contributed by atoms with van der Waals surface area (Å²) in [5.41, 5.74) is 1.90. The number of para-hydroxylation sites is 3. The summed E-state index contributed by atoms with van der Waals surface area (Å²) in [6, 6.07) is 24.7. The van der Waals surface area contributed by atoms with E-state index in [4.69, 9.17) is 18.9 Å². The van der Waals surface area contributed by atoms with Crippen LogP contribution in [0.5, 0.6) is 17.2 Å². The molecule has 0 radical (unpaired) electrons. The molecule has 0 saturated heterocycles. The average molecular weight is 446 g/mol. The van der Waals surface area contributed by atoms with Gasteiger partial charge in [-0.2, -0.15) is 0 Å². The quantitative estimate of drug-likeness (QED) is 0.264. The minimum absolute atomic E-state index is 0.128. The second-order valence-electron chi connectivity index (χ2n) is 7.36. The van der Waals surface area contributed by atoms with E-state index in [-0.39, 0.29) is 12.4 Å². The molecule has 3 aromatic rings. The highest BCUT2D eigenvalue weighted by Gasteiger charge is 2.17. The number of fused-ring (bicyclic) bond motifs is 1. The number of rotatable bonds is 9. The van der Waals surface area contributed by atoms with Gasteiger partial charge in [0.1, 0.15) is 30.5 Å². The van der Waals surface area contributed by atoms with E-state index in [1.165, 1.54) is 0 Å². The van der Waals surface area contributed by atoms with Crippen molar-refractivity contribution in [1.29, 1.82) is 0 Å². The number of esters is 1. The van der Waals surface area contributed by atoms with Gasteiger partial charge in [0.25, 0.3) is 0 Å². The Balaban J connectivity index is 1.37. The molecule has 0 atom stereocenters. The first-order valence-electron chi connectivity index (χ1n) is 11.0. The summed E-state index contributed by atoms with van der Waals surface area (Å²) in [5.74, 6) is 1.86. The molecular formula is C27H27NO5. The molecule has 0 fully saturated rings. The minimum atomic E-state index is -0.507. The molecule has 4 rings (SSSR count). The van der Waals surface area contributed by atoms with E-state index in [2.05, 4.69) is 11.0 Å². The number of anilines is 1. The summed E-state index contributed by atoms with van der Waals surface area (Å²) in [6.07, 6.45) is 1.67. The highest BCUT2D eigenvalue weighted by molar-refractivity contribution is 5.92. The fourth-order valence-electron chi connectivity index (χ4n) is 3.49. The summed E-state index contributed by atoms with van der Waals surface area (Å²) >= 11 is 0. The average Bonchev–Trinajstić information content (AvgIpc) is 2.85. The molecule has 1 heterocycles. The predicted octanol–water partition coefficient (Wildman–Crippen LogP) is 4.95. The van der Waals surface area contributed by atoms with Crippen molar-refractivity contribution in [3.05, 3.63) is 90.2 Å². The van der Waals surface area contributed by atoms with Crippen molar-refractivity contribution in [1.82, 2.24) is 0 Å². The van der Waals surface area contributed by atoms with Gasteiger partial charge in [0.15, 0.2) is 0 Å². The summed E-state index contributed by atoms with van der Waals surface area (Å²) in [4.78, 5) is 14.6. The molecule has 6 nitrogen and oxygen atoms in total. The molecule has 0 bridgehead atoms. The van der Waals surface area contributed by atoms with Crippen LogP contribution in [0.4, 0.5) is 5.69 Å². The van der Waals surface area contributed by atoms with E-state index in [0.717, 1.165) is 35.8 Å². The van der Waals surface area contributed by atoms with Crippen molar-refractivity contribution in [2.24, 2.45) is 0 Å². The first-order valence-corrected chi connectivity index (χ1v) is 11.0. The second kappa shape index (κ2) is 11.1. The van der Waals surface area contributed by atoms with Gasteiger partial charge in [-0.15, -0.1) is 0 Å². The van der Waals surface area contributed by atoms with Crippen LogP contribution in [0.1, 0.15) is 12.5 Å². The Morgan fingerprint density at radius 3 is 2.52 bits per heavy atom. The molecule has 1 aliphatic heterocycles. The number of benzene rings is 3. The first-order chi connectivity index (χ1) is 16.2. The van der Waals surface area contributed by atoms with Crippen LogP contribution in [0.25, 0.3) is 6.08 Å². The third kappa shape index (κ3) is 6.07. The third-order valence-corrected chi connectivity index (χ3v) is 5.08. The molecule has 0 saturated carbocycles. The number of hydrogen-bond donors (Lipinski definition) is 0. The lowest BCUT2D eigenvalue weighted by Gasteiger charge is -2.31. The Labute approximate surface area is 194 Å². The van der Waals surface area contributed by atoms with Crippen molar-refractivity contribution in [2.45, 2.75) is 6.92 Å². The predicted molar refractivity (Wildman–Crippen MR) is 128 cm³/mol. The van der Waals surface area contributed by atoms with Crippen molar-refractivity contribution >= 4 is 17.7 Å². The van der Waals surface area contributed by atoms with E-state index in [1.54, 1.807) is 25.1 Å². The van der Waals surface area contributed by atoms with Gasteiger partial charge in [-0.1, -0.05) is 42.5 Å². The summed E-state index contributed by atoms with van der Waals surface area (Å²) < 4.78 is 22.5. The molecule has 0 amide bonds. The van der Waals surface area contributed by atoms with E-state index >= 15 is 0 Å². The molecule has 0 aliphatic carbocycles. The van der Waals surface area contributed by atoms with Crippen LogP contribution in [0.2, 0.25) is 0 Å². The summed E-state index contributed by atoms with van der Waals surface area (Å²) in [6.45, 7) is 4.86. The normalized spacial score (nSPS) is 13.0. The number of ether oxygens (including phenoxy) is 4. The molecule has 0 aromatic heterocycles. The maximum Gasteiger partial charge on any atom is 0.374 e. The van der Waals surface area contributed by atoms with Gasteiger partial charge in [0.2, 0.25) is 5.76 Å². The monoisotopic (exact) mass is 445 g/mol. The van der Waals surface area contributed by atoms with E-state index in [0.29, 0.717) is 19.0 Å². The Kier molecular flexibility index (Phi) is 7.48. The fraction of sp³-hybridized carbons (Fsp3) is 0.222. The molecule has 0 spiro atoms. The SMILES string of the molecule is CCOC(=O)C(=Cc1ccc(OCCN2CCOc3ccccc32)cc1)Oc1ccccc1. The molecular weight excluding hydrogens is 418 g/mol. The molecule has 0 N–H and O–H groups in total. The molecule has 33 heavy (non-hydrogen) atoms. The summed E-state index contributed by atoms with van der Waals surface area (Å²) in [5, 5.41) is 0. The first kappa shape index (κ1) is 22.3. The Bertz CT molecular complexity index is 1080. The smallest absolute Gasteiger partial charge is 0.374 e. The lowest BCUT2D eigenvalue weighted by molar-refractivity contribution is -0.140. The maximum atomic E-state index is 12.3. The van der Waals surface area contributed by atoms with Crippen LogP contribution in [0.15, 0.2) is 84.6 Å². The molecule has 1 aliphatic rings. The zero-order valence-electron chi connectivity index (χ0n) is 18.6. The minimum Gasteiger partial charge on any atom is -0.492 e. The largest absolute Gasteiger partial charge is 0.492 e. The van der Waals surface area contributed by atoms with E-state index in [1.807, 2.05) is 60.7 Å². The van der Waals surface area contributed by atoms with Crippen LogP contribution in [0.3, 0.4) is 0 Å². The van der Waals surface area contributed by atoms with Crippen LogP contribution < -0.4 is 19.1 Å². The van der Waals surface area contributed by atoms with Crippen molar-refractivity contribution < 1.29 is 23.7 Å². The van der Waals surface area contributed by atoms with Gasteiger partial charge in [0, 0.05) is 0 Å². The van der Waals surface area contributed by atoms with Crippen LogP contribution >= 0.6 is 0 Å². The number of carbonyl (C=O) groups is 1. The topological polar surface area (TPSA) is 57.2 Å². The van der Waals surface area contributed by atoms with E-state index in [9.17, 15) is 4.79 Å². The van der Waals surface area contributed by atoms with E-state index < -0.39 is 5.97 Å². The van der Waals surface area contributed by atoms with Crippen molar-refractivity contribution in [3.63, 3.8) is 0 Å². The molecule has 0 unspecified atom stereocenters. The molecule has 170 valence electrons. The highest BCUT2D eigenvalue weighted by Crippen LogP contribution is 2.30. The molecule has 3 aromatic carbocycles. The lowest BCUT2D eigenvalue weighted by atomic mass is 10.2. The van der Waals surface area contributed by atoms with Gasteiger partial charge in [-0.05, 0) is 55.0 Å². The van der Waals surface area contributed by atoms with Crippen molar-refractivity contribution in [2.75, 3.05) is 37.8 Å². The van der Waals surface area contributed by atoms with Gasteiger partial charge in [-0.3, -0.25) is 0 Å². The number of carbonyl (C=O) groups excluding carboxylic acids is 1. The standard InChI is InChI=1S/C27H27NO5/c1-2-30-27(29)26(33-23-8-4-3-5-9-23)20-21-12-14-22(15-13-21)31-18-16-28-17-19-32-25-11-7-6-10-24(25)28/h3-15,20H,2,16-19H2,1H3. The fourth-order valence-corrected chi connectivity index (χ4v) is 3.49. The van der Waals surface area contributed by atoms with Gasteiger partial charge >= 0.3 is 5.97 Å². The maximum absolute atomic E-state index is 12.3. The summed E-state index contributed by atoms with van der Waals surface area (Å²) in [7, 11) is 0. The molecule has 6 heteroatoms. The Morgan fingerprint density at radius 2 is 1.73 bits per heavy atom. The van der Waals surface area contributed by atoms with Gasteiger partial charge in [0.05, 0.1) is 25.4 Å². The number of nitrogens with zero attached hydrogens (tertiary/aromatic N) is 1. The van der Waals surface area contributed by atoms with Crippen LogP contribution in [-0.4, -0.2) is 38.9 Å². The van der Waals surface area contributed by atoms with Gasteiger partial charge in [-0.25, -0.2) is 4.79 Å². The zero-order valence-corrected chi connectivity index (χ0v) is 18.6. The van der Waals surface area contributed by atoms with Gasteiger partial charge < -0.3 is 23.8 Å². The highest BCUT2D eigenvalue weighted by atomic mass is 16.6. The third-order valence-electron chi connectivity index (χ3n) is 5.08. The number of hydrogen-bond acceptors (Lipinski definition) is 6. The Morgan fingerprint density at radius 1 is 0.970 bits per heavy atom.